The molecule has 9 rings (SSSR count). The van der Waals surface area contributed by atoms with Crippen LogP contribution in [0.25, 0.3) is 22.3 Å². The van der Waals surface area contributed by atoms with Crippen molar-refractivity contribution in [2.45, 2.75) is 19.6 Å². The Morgan fingerprint density at radius 2 is 0.467 bits per heavy atom. The summed E-state index contributed by atoms with van der Waals surface area (Å²) in [4.78, 5) is 14.9. The number of benzene rings is 4. The zero-order valence-electron chi connectivity index (χ0n) is 30.8. The molecule has 8 aromatic rings. The van der Waals surface area contributed by atoms with Crippen molar-refractivity contribution in [1.29, 1.82) is 0 Å². The van der Waals surface area contributed by atoms with Crippen molar-refractivity contribution < 1.29 is 35.0 Å². The third-order valence-electron chi connectivity index (χ3n) is 10.2. The number of nitrogens with one attached hydrogen (secondary N) is 4. The van der Waals surface area contributed by atoms with E-state index in [1.54, 1.807) is 48.5 Å². The summed E-state index contributed by atoms with van der Waals surface area (Å²) in [5, 5.41) is 2.71. The lowest BCUT2D eigenvalue weighted by Gasteiger charge is -2.12. The summed E-state index contributed by atoms with van der Waals surface area (Å²) < 4.78 is 94.7. The van der Waals surface area contributed by atoms with Crippen molar-refractivity contribution in [1.82, 2.24) is 19.9 Å². The van der Waals surface area contributed by atoms with E-state index < -0.39 is 44.3 Å². The van der Waals surface area contributed by atoms with Crippen molar-refractivity contribution in [3.63, 3.8) is 0 Å². The van der Waals surface area contributed by atoms with Gasteiger partial charge in [-0.25, -0.2) is 0 Å². The van der Waals surface area contributed by atoms with E-state index in [1.807, 2.05) is 48.5 Å². The zero-order chi connectivity index (χ0) is 41.7. The molecular weight excluding hydrogens is 841 g/mol. The van der Waals surface area contributed by atoms with Gasteiger partial charge in [-0.2, -0.15) is 0 Å². The molecule has 0 amide bonds. The fourth-order valence-corrected chi connectivity index (χ4v) is 8.94. The lowest BCUT2D eigenvalue weighted by Crippen LogP contribution is -2.19. The predicted molar refractivity (Wildman–Crippen MR) is 223 cm³/mol. The summed E-state index contributed by atoms with van der Waals surface area (Å²) in [6.45, 7) is 0. The molecular formula is C44H28N4O8S4-4. The van der Waals surface area contributed by atoms with Crippen molar-refractivity contribution in [2.24, 2.45) is 0 Å². The minimum atomic E-state index is -2.44. The molecule has 1 aliphatic rings. The number of aromatic amines is 4. The third kappa shape index (κ3) is 7.51. The van der Waals surface area contributed by atoms with Crippen LogP contribution in [0, 0.1) is 0 Å². The van der Waals surface area contributed by atoms with E-state index in [0.29, 0.717) is 88.7 Å². The highest BCUT2D eigenvalue weighted by Crippen LogP contribution is 2.29. The molecule has 4 aromatic carbocycles. The normalized spacial score (nSPS) is 14.9. The van der Waals surface area contributed by atoms with Crippen LogP contribution in [0.2, 0.25) is 0 Å². The maximum atomic E-state index is 11.8. The minimum absolute atomic E-state index is 0.126. The fourth-order valence-electron chi connectivity index (χ4n) is 7.50. The first-order valence-corrected chi connectivity index (χ1v) is 22.4. The number of aromatic nitrogens is 4. The van der Waals surface area contributed by atoms with Gasteiger partial charge in [-0.05, 0) is 164 Å². The average molecular weight is 869 g/mol. The number of hydrogen-bond acceptors (Lipinski definition) is 8. The van der Waals surface area contributed by atoms with E-state index in [1.165, 1.54) is 48.5 Å². The van der Waals surface area contributed by atoms with E-state index >= 15 is 0 Å². The minimum Gasteiger partial charge on any atom is -0.768 e. The van der Waals surface area contributed by atoms with Gasteiger partial charge >= 0.3 is 0 Å². The summed E-state index contributed by atoms with van der Waals surface area (Å²) in [6.07, 6.45) is 0. The number of rotatable bonds is 8. The lowest BCUT2D eigenvalue weighted by atomic mass is 10.0. The fraction of sp³-hybridized carbons (Fsp3) is 0. The Labute approximate surface area is 351 Å². The van der Waals surface area contributed by atoms with Crippen LogP contribution in [-0.4, -0.2) is 55.0 Å². The third-order valence-corrected chi connectivity index (χ3v) is 12.9. The van der Waals surface area contributed by atoms with Crippen LogP contribution in [0.5, 0.6) is 0 Å². The summed E-state index contributed by atoms with van der Waals surface area (Å²) in [5.41, 5.74) is 8.39. The van der Waals surface area contributed by atoms with Gasteiger partial charge in [0.2, 0.25) is 0 Å². The predicted octanol–water partition coefficient (Wildman–Crippen LogP) is 3.25. The Morgan fingerprint density at radius 3 is 0.650 bits per heavy atom. The lowest BCUT2D eigenvalue weighted by molar-refractivity contribution is 0.535. The quantitative estimate of drug-likeness (QED) is 0.166. The molecule has 12 nitrogen and oxygen atoms in total. The highest BCUT2D eigenvalue weighted by atomic mass is 32.2. The van der Waals surface area contributed by atoms with Crippen LogP contribution in [-0.2, 0) is 44.3 Å². The van der Waals surface area contributed by atoms with Crippen LogP contribution in [0.1, 0.15) is 45.0 Å². The van der Waals surface area contributed by atoms with Gasteiger partial charge in [0.05, 0.1) is 0 Å². The second kappa shape index (κ2) is 16.2. The van der Waals surface area contributed by atoms with Gasteiger partial charge in [0.25, 0.3) is 0 Å². The molecule has 1 aliphatic heterocycles. The Kier molecular flexibility index (Phi) is 10.6. The monoisotopic (exact) mass is 868 g/mol. The number of hydrogen-bond donors (Lipinski definition) is 4. The van der Waals surface area contributed by atoms with Gasteiger partial charge < -0.3 is 38.1 Å². The molecule has 0 saturated heterocycles. The summed E-state index contributed by atoms with van der Waals surface area (Å²) >= 11 is -9.75. The first-order valence-electron chi connectivity index (χ1n) is 18.1. The zero-order valence-corrected chi connectivity index (χ0v) is 34.0. The SMILES string of the molecule is O=S([O-])c1ccc(C2=c3ccc([nH]3)=C(c3ccc(S(=O)[O-])cc3)c3ccc([nH]3)C(c3ccc(S(=O)[O-])cc3)=c3ccc([nH]3)=C(c3ccc(S(=O)[O-])cc3)c3ccc2[nH]3)cc1. The van der Waals surface area contributed by atoms with Crippen LogP contribution >= 0.6 is 0 Å². The van der Waals surface area contributed by atoms with Crippen LogP contribution in [0.3, 0.4) is 0 Å². The summed E-state index contributed by atoms with van der Waals surface area (Å²) in [7, 11) is 0. The van der Waals surface area contributed by atoms with E-state index in [0.717, 1.165) is 0 Å². The van der Waals surface area contributed by atoms with E-state index in [4.69, 9.17) is 0 Å². The molecule has 0 fully saturated rings. The molecule has 300 valence electrons. The molecule has 4 N–H and O–H groups in total. The molecule has 0 saturated carbocycles. The van der Waals surface area contributed by atoms with Gasteiger partial charge in [-0.3, -0.25) is 16.8 Å². The van der Waals surface area contributed by atoms with Crippen LogP contribution in [0.15, 0.2) is 165 Å². The van der Waals surface area contributed by atoms with E-state index in [-0.39, 0.29) is 19.6 Å². The van der Waals surface area contributed by atoms with Crippen molar-refractivity contribution >= 4 is 66.6 Å². The van der Waals surface area contributed by atoms with E-state index in [9.17, 15) is 35.0 Å². The molecule has 5 heterocycles. The van der Waals surface area contributed by atoms with Crippen LogP contribution in [0.4, 0.5) is 0 Å². The van der Waals surface area contributed by atoms with Gasteiger partial charge in [0.1, 0.15) is 0 Å². The Balaban J connectivity index is 1.40. The second-order valence-corrected chi connectivity index (χ2v) is 17.4. The van der Waals surface area contributed by atoms with Crippen molar-refractivity contribution in [3.8, 4) is 0 Å². The van der Waals surface area contributed by atoms with Gasteiger partial charge in [0.15, 0.2) is 0 Å². The number of fused-ring (bicyclic) bond motifs is 8. The van der Waals surface area contributed by atoms with Gasteiger partial charge in [-0.1, -0.05) is 48.5 Å². The second-order valence-electron chi connectivity index (χ2n) is 13.7. The van der Waals surface area contributed by atoms with Gasteiger partial charge in [0, 0.05) is 86.0 Å². The largest absolute Gasteiger partial charge is 0.768 e. The maximum Gasteiger partial charge on any atom is 0.0485 e. The topological polar surface area (TPSA) is 224 Å². The summed E-state index contributed by atoms with van der Waals surface area (Å²) in [6, 6.07) is 41.3. The molecule has 60 heavy (non-hydrogen) atoms. The summed E-state index contributed by atoms with van der Waals surface area (Å²) in [5.74, 6) is 0. The molecule has 4 unspecified atom stereocenters. The maximum absolute atomic E-state index is 11.8. The molecule has 0 spiro atoms. The first-order chi connectivity index (χ1) is 29.0. The standard InChI is InChI=1S/C44H32N4O8S4/c49-57(50)29-9-1-25(2-10-29)41-33-17-19-35(45-33)42(26-3-11-30(12-4-26)58(51)52)37-21-23-39(47-37)44(28-7-15-32(16-8-28)60(55)56)40-24-22-38(48-40)43(36-20-18-34(41)46-36)27-5-13-31(14-6-27)59(53)54/h1-24,45-48H,(H,49,50)(H,51,52)(H,53,54)(H,55,56)/p-4. The van der Waals surface area contributed by atoms with Crippen LogP contribution < -0.4 is 21.4 Å². The first kappa shape index (κ1) is 39.4. The molecule has 16 heteroatoms. The molecule has 4 aromatic heterocycles. The van der Waals surface area contributed by atoms with E-state index in [2.05, 4.69) is 19.9 Å². The highest BCUT2D eigenvalue weighted by Gasteiger charge is 2.19. The smallest absolute Gasteiger partial charge is 0.0485 e. The van der Waals surface area contributed by atoms with Crippen molar-refractivity contribution in [2.75, 3.05) is 0 Å². The Morgan fingerprint density at radius 1 is 0.267 bits per heavy atom. The molecule has 4 atom stereocenters. The number of H-pyrrole nitrogens is 4. The Bertz CT molecular complexity index is 2870. The Hall–Kier alpha value is -6.08. The average Bonchev–Trinajstić information content (AvgIpc) is 4.10. The van der Waals surface area contributed by atoms with Crippen molar-refractivity contribution in [3.05, 3.63) is 212 Å². The van der Waals surface area contributed by atoms with Gasteiger partial charge in [-0.15, -0.1) is 0 Å². The molecule has 0 aliphatic carbocycles. The molecule has 0 radical (unpaired) electrons. The highest BCUT2D eigenvalue weighted by molar-refractivity contribution is 7.79. The molecule has 8 bridgehead atoms.